The van der Waals surface area contributed by atoms with Crippen LogP contribution in [0.2, 0.25) is 0 Å². The summed E-state index contributed by atoms with van der Waals surface area (Å²) in [6.45, 7) is 6.50. The molecule has 0 aliphatic carbocycles. The minimum absolute atomic E-state index is 0.166. The van der Waals surface area contributed by atoms with Crippen LogP contribution in [0.4, 0.5) is 5.69 Å². The minimum atomic E-state index is 0.166. The second kappa shape index (κ2) is 3.45. The molecule has 0 aliphatic heterocycles. The molecule has 4 heteroatoms. The van der Waals surface area contributed by atoms with Crippen LogP contribution in [0.1, 0.15) is 20.8 Å². The monoisotopic (exact) mass is 221 g/mol. The van der Waals surface area contributed by atoms with Crippen LogP contribution in [-0.2, 0) is 0 Å². The number of aromatic nitrogens is 2. The molecular weight excluding hydrogens is 206 g/mol. The summed E-state index contributed by atoms with van der Waals surface area (Å²) in [6.07, 6.45) is 0. The molecule has 0 fully saturated rings. The van der Waals surface area contributed by atoms with E-state index < -0.39 is 0 Å². The third-order valence-electron chi connectivity index (χ3n) is 1.89. The largest absolute Gasteiger partial charge is 0.399 e. The Labute approximate surface area is 93.5 Å². The van der Waals surface area contributed by atoms with Crippen molar-refractivity contribution in [2.24, 2.45) is 0 Å². The molecule has 0 unspecified atom stereocenters. The third-order valence-corrected chi connectivity index (χ3v) is 2.89. The Bertz CT molecular complexity index is 482. The van der Waals surface area contributed by atoms with Gasteiger partial charge in [0.05, 0.1) is 11.0 Å². The first-order chi connectivity index (χ1) is 6.94. The van der Waals surface area contributed by atoms with Gasteiger partial charge in [-0.05, 0) is 18.2 Å². The molecule has 0 amide bonds. The van der Waals surface area contributed by atoms with E-state index in [9.17, 15) is 0 Å². The quantitative estimate of drug-likeness (QED) is 0.575. The maximum Gasteiger partial charge on any atom is 0.166 e. The summed E-state index contributed by atoms with van der Waals surface area (Å²) in [4.78, 5) is 7.76. The molecule has 15 heavy (non-hydrogen) atoms. The molecule has 3 nitrogen and oxygen atoms in total. The van der Waals surface area contributed by atoms with Gasteiger partial charge in [-0.3, -0.25) is 0 Å². The number of nitrogens with one attached hydrogen (secondary N) is 1. The molecule has 80 valence electrons. The summed E-state index contributed by atoms with van der Waals surface area (Å²) in [5.74, 6) is 0. The molecule has 0 saturated heterocycles. The van der Waals surface area contributed by atoms with Crippen molar-refractivity contribution in [1.82, 2.24) is 9.97 Å². The second-order valence-corrected chi connectivity index (χ2v) is 6.35. The lowest BCUT2D eigenvalue weighted by molar-refractivity contribution is 0.796. The third kappa shape index (κ3) is 2.45. The number of nitrogens with two attached hydrogens (primary N) is 1. The van der Waals surface area contributed by atoms with Crippen LogP contribution in [0.25, 0.3) is 11.0 Å². The van der Waals surface area contributed by atoms with E-state index >= 15 is 0 Å². The summed E-state index contributed by atoms with van der Waals surface area (Å²) in [6, 6.07) is 5.72. The maximum absolute atomic E-state index is 5.71. The number of H-pyrrole nitrogens is 1. The van der Waals surface area contributed by atoms with Gasteiger partial charge in [-0.15, -0.1) is 0 Å². The molecule has 1 heterocycles. The number of hydrogen-bond donors (Lipinski definition) is 2. The molecular formula is C11H15N3S. The van der Waals surface area contributed by atoms with Crippen molar-refractivity contribution in [2.45, 2.75) is 30.7 Å². The number of thioether (sulfide) groups is 1. The van der Waals surface area contributed by atoms with Crippen LogP contribution in [0, 0.1) is 0 Å². The highest BCUT2D eigenvalue weighted by Crippen LogP contribution is 2.31. The van der Waals surface area contributed by atoms with Crippen LogP contribution < -0.4 is 5.73 Å². The van der Waals surface area contributed by atoms with Crippen molar-refractivity contribution in [3.8, 4) is 0 Å². The van der Waals surface area contributed by atoms with Crippen molar-refractivity contribution in [3.63, 3.8) is 0 Å². The molecule has 0 spiro atoms. The molecule has 3 N–H and O–H groups in total. The fourth-order valence-electron chi connectivity index (χ4n) is 1.34. The minimum Gasteiger partial charge on any atom is -0.399 e. The molecule has 0 radical (unpaired) electrons. The Morgan fingerprint density at radius 2 is 2.07 bits per heavy atom. The van der Waals surface area contributed by atoms with Gasteiger partial charge in [0.2, 0.25) is 0 Å². The van der Waals surface area contributed by atoms with E-state index in [1.54, 1.807) is 11.8 Å². The zero-order valence-corrected chi connectivity index (χ0v) is 9.98. The number of rotatable bonds is 1. The Morgan fingerprint density at radius 3 is 2.73 bits per heavy atom. The number of aromatic amines is 1. The molecule has 0 saturated carbocycles. The number of fused-ring (bicyclic) bond motifs is 1. The van der Waals surface area contributed by atoms with E-state index in [1.165, 1.54) is 0 Å². The molecule has 2 rings (SSSR count). The molecule has 1 aromatic heterocycles. The predicted octanol–water partition coefficient (Wildman–Crippen LogP) is 3.04. The van der Waals surface area contributed by atoms with E-state index in [0.717, 1.165) is 21.9 Å². The average molecular weight is 221 g/mol. The lowest BCUT2D eigenvalue weighted by Gasteiger charge is -2.14. The number of nitrogen functional groups attached to an aromatic ring is 1. The second-order valence-electron chi connectivity index (χ2n) is 4.53. The number of benzene rings is 1. The fourth-order valence-corrected chi connectivity index (χ4v) is 2.23. The van der Waals surface area contributed by atoms with Crippen LogP contribution in [0.15, 0.2) is 23.4 Å². The van der Waals surface area contributed by atoms with Gasteiger partial charge in [-0.25, -0.2) is 4.98 Å². The normalized spacial score (nSPS) is 12.2. The number of nitrogens with zero attached hydrogens (tertiary/aromatic N) is 1. The van der Waals surface area contributed by atoms with Gasteiger partial charge in [-0.1, -0.05) is 32.5 Å². The standard InChI is InChI=1S/C11H15N3S/c1-11(2,3)15-10-13-8-5-4-7(12)6-9(8)14-10/h4-6H,12H2,1-3H3,(H,13,14). The molecule has 1 aromatic carbocycles. The smallest absolute Gasteiger partial charge is 0.166 e. The Kier molecular flexibility index (Phi) is 2.38. The van der Waals surface area contributed by atoms with Crippen molar-refractivity contribution >= 4 is 28.5 Å². The van der Waals surface area contributed by atoms with Crippen LogP contribution >= 0.6 is 11.8 Å². The number of hydrogen-bond acceptors (Lipinski definition) is 3. The SMILES string of the molecule is CC(C)(C)Sc1nc2ccc(N)cc2[nH]1. The lowest BCUT2D eigenvalue weighted by atomic mass is 10.3. The number of anilines is 1. The average Bonchev–Trinajstić information content (AvgIpc) is 2.42. The van der Waals surface area contributed by atoms with Crippen molar-refractivity contribution in [1.29, 1.82) is 0 Å². The van der Waals surface area contributed by atoms with Gasteiger partial charge in [-0.2, -0.15) is 0 Å². The summed E-state index contributed by atoms with van der Waals surface area (Å²) < 4.78 is 0.166. The van der Waals surface area contributed by atoms with Gasteiger partial charge >= 0.3 is 0 Å². The van der Waals surface area contributed by atoms with E-state index in [4.69, 9.17) is 5.73 Å². The first-order valence-electron chi connectivity index (χ1n) is 4.88. The zero-order valence-electron chi connectivity index (χ0n) is 9.16. The Hall–Kier alpha value is -1.16. The van der Waals surface area contributed by atoms with Crippen molar-refractivity contribution in [2.75, 3.05) is 5.73 Å². The maximum atomic E-state index is 5.71. The van der Waals surface area contributed by atoms with Crippen LogP contribution in [0.5, 0.6) is 0 Å². The Morgan fingerprint density at radius 1 is 1.33 bits per heavy atom. The van der Waals surface area contributed by atoms with Gasteiger partial charge in [0.25, 0.3) is 0 Å². The van der Waals surface area contributed by atoms with E-state index in [1.807, 2.05) is 18.2 Å². The van der Waals surface area contributed by atoms with Crippen LogP contribution in [-0.4, -0.2) is 14.7 Å². The summed E-state index contributed by atoms with van der Waals surface area (Å²) in [7, 11) is 0. The zero-order chi connectivity index (χ0) is 11.1. The topological polar surface area (TPSA) is 54.7 Å². The number of imidazole rings is 1. The highest BCUT2D eigenvalue weighted by molar-refractivity contribution is 8.00. The van der Waals surface area contributed by atoms with Crippen LogP contribution in [0.3, 0.4) is 0 Å². The van der Waals surface area contributed by atoms with Gasteiger partial charge in [0.15, 0.2) is 5.16 Å². The van der Waals surface area contributed by atoms with Gasteiger partial charge in [0.1, 0.15) is 0 Å². The van der Waals surface area contributed by atoms with E-state index in [-0.39, 0.29) is 4.75 Å². The van der Waals surface area contributed by atoms with Gasteiger partial charge in [0, 0.05) is 10.4 Å². The summed E-state index contributed by atoms with van der Waals surface area (Å²) in [5, 5.41) is 0.947. The molecule has 0 bridgehead atoms. The van der Waals surface area contributed by atoms with Gasteiger partial charge < -0.3 is 10.7 Å². The molecule has 0 atom stereocenters. The summed E-state index contributed by atoms with van der Waals surface area (Å²) in [5.41, 5.74) is 8.44. The van der Waals surface area contributed by atoms with E-state index in [2.05, 4.69) is 30.7 Å². The van der Waals surface area contributed by atoms with Crippen molar-refractivity contribution < 1.29 is 0 Å². The Balaban J connectivity index is 2.39. The highest BCUT2D eigenvalue weighted by Gasteiger charge is 2.14. The fraction of sp³-hybridized carbons (Fsp3) is 0.364. The van der Waals surface area contributed by atoms with Crippen molar-refractivity contribution in [3.05, 3.63) is 18.2 Å². The summed E-state index contributed by atoms with van der Waals surface area (Å²) >= 11 is 1.72. The first kappa shape index (κ1) is 10.4. The highest BCUT2D eigenvalue weighted by atomic mass is 32.2. The first-order valence-corrected chi connectivity index (χ1v) is 5.70. The van der Waals surface area contributed by atoms with E-state index in [0.29, 0.717) is 0 Å². The molecule has 0 aliphatic rings. The molecule has 2 aromatic rings. The lowest BCUT2D eigenvalue weighted by Crippen LogP contribution is -2.06. The predicted molar refractivity (Wildman–Crippen MR) is 66.1 cm³/mol.